The second-order valence-electron chi connectivity index (χ2n) is 6.35. The topological polar surface area (TPSA) is 0 Å². The molecule has 2 atom stereocenters. The lowest BCUT2D eigenvalue weighted by Crippen LogP contribution is -2.21. The third-order valence-electron chi connectivity index (χ3n) is 4.60. The quantitative estimate of drug-likeness (QED) is 0.565. The van der Waals surface area contributed by atoms with Crippen LogP contribution in [-0.2, 0) is 0 Å². The highest BCUT2D eigenvalue weighted by molar-refractivity contribution is 9.09. The summed E-state index contributed by atoms with van der Waals surface area (Å²) in [7, 11) is 0. The molecule has 1 saturated carbocycles. The maximum atomic E-state index is 6.44. The molecule has 1 aromatic carbocycles. The number of benzene rings is 1. The van der Waals surface area contributed by atoms with E-state index in [1.54, 1.807) is 0 Å². The van der Waals surface area contributed by atoms with E-state index in [0.29, 0.717) is 16.2 Å². The van der Waals surface area contributed by atoms with Gasteiger partial charge in [-0.15, -0.1) is 0 Å². The molecule has 0 saturated heterocycles. The zero-order valence-corrected chi connectivity index (χ0v) is 14.0. The summed E-state index contributed by atoms with van der Waals surface area (Å²) in [6, 6.07) is 4.36. The van der Waals surface area contributed by atoms with Crippen LogP contribution in [0.3, 0.4) is 0 Å². The molecule has 0 nitrogen and oxygen atoms in total. The zero-order chi connectivity index (χ0) is 13.5. The summed E-state index contributed by atoms with van der Waals surface area (Å²) in [5, 5.41) is 0.905. The smallest absolute Gasteiger partial charge is 0.0452 e. The van der Waals surface area contributed by atoms with Gasteiger partial charge in [0.25, 0.3) is 0 Å². The molecular formula is C16H22BrCl. The lowest BCUT2D eigenvalue weighted by atomic mass is 9.78. The Morgan fingerprint density at radius 1 is 1.28 bits per heavy atom. The molecule has 18 heavy (non-hydrogen) atoms. The van der Waals surface area contributed by atoms with Crippen LogP contribution in [0.15, 0.2) is 12.1 Å². The van der Waals surface area contributed by atoms with Crippen molar-refractivity contribution in [2.45, 2.75) is 51.8 Å². The van der Waals surface area contributed by atoms with E-state index >= 15 is 0 Å². The molecule has 0 aliphatic heterocycles. The lowest BCUT2D eigenvalue weighted by Gasteiger charge is -2.32. The Labute approximate surface area is 124 Å². The summed E-state index contributed by atoms with van der Waals surface area (Å²) in [6.45, 7) is 9.05. The molecule has 1 aliphatic rings. The van der Waals surface area contributed by atoms with Gasteiger partial charge in [-0.05, 0) is 60.8 Å². The van der Waals surface area contributed by atoms with Crippen LogP contribution < -0.4 is 0 Å². The maximum Gasteiger partial charge on any atom is 0.0452 e. The predicted molar refractivity (Wildman–Crippen MR) is 83.7 cm³/mol. The van der Waals surface area contributed by atoms with Gasteiger partial charge < -0.3 is 0 Å². The van der Waals surface area contributed by atoms with E-state index in [1.165, 1.54) is 36.0 Å². The first-order valence-electron chi connectivity index (χ1n) is 6.73. The fourth-order valence-corrected chi connectivity index (χ4v) is 4.95. The summed E-state index contributed by atoms with van der Waals surface area (Å²) >= 11 is 10.4. The molecule has 100 valence electrons. The second kappa shape index (κ2) is 5.17. The molecule has 1 aromatic rings. The Morgan fingerprint density at radius 3 is 2.44 bits per heavy atom. The standard InChI is InChI=1S/C16H22BrCl/c1-10-8-12(14(18)9-11(10)2)15(17)13-6-5-7-16(13,3)4/h8-9,13,15H,5-7H2,1-4H3. The van der Waals surface area contributed by atoms with Crippen LogP contribution in [0.2, 0.25) is 5.02 Å². The van der Waals surface area contributed by atoms with E-state index in [4.69, 9.17) is 11.6 Å². The van der Waals surface area contributed by atoms with Crippen molar-refractivity contribution in [1.82, 2.24) is 0 Å². The van der Waals surface area contributed by atoms with Gasteiger partial charge in [0.05, 0.1) is 0 Å². The average Bonchev–Trinajstić information content (AvgIpc) is 2.62. The lowest BCUT2D eigenvalue weighted by molar-refractivity contribution is 0.257. The number of hydrogen-bond donors (Lipinski definition) is 0. The minimum absolute atomic E-state index is 0.377. The van der Waals surface area contributed by atoms with Gasteiger partial charge in [0.1, 0.15) is 0 Å². The van der Waals surface area contributed by atoms with E-state index in [9.17, 15) is 0 Å². The summed E-state index contributed by atoms with van der Waals surface area (Å²) < 4.78 is 0. The molecule has 0 N–H and O–H groups in total. The summed E-state index contributed by atoms with van der Waals surface area (Å²) in [5.41, 5.74) is 4.28. The molecule has 0 bridgehead atoms. The highest BCUT2D eigenvalue weighted by atomic mass is 79.9. The Balaban J connectivity index is 2.34. The molecule has 0 spiro atoms. The maximum absolute atomic E-state index is 6.44. The highest BCUT2D eigenvalue weighted by Crippen LogP contribution is 2.52. The van der Waals surface area contributed by atoms with Crippen molar-refractivity contribution in [3.8, 4) is 0 Å². The van der Waals surface area contributed by atoms with Gasteiger partial charge in [-0.2, -0.15) is 0 Å². The number of halogens is 2. The van der Waals surface area contributed by atoms with Gasteiger partial charge in [0.15, 0.2) is 0 Å². The second-order valence-corrected chi connectivity index (χ2v) is 7.74. The molecule has 1 fully saturated rings. The van der Waals surface area contributed by atoms with Crippen molar-refractivity contribution in [3.05, 3.63) is 33.8 Å². The summed E-state index contributed by atoms with van der Waals surface area (Å²) in [5.74, 6) is 0.678. The first kappa shape index (κ1) is 14.4. The zero-order valence-electron chi connectivity index (χ0n) is 11.7. The van der Waals surface area contributed by atoms with Gasteiger partial charge in [-0.1, -0.05) is 53.9 Å². The van der Waals surface area contributed by atoms with Crippen molar-refractivity contribution in [3.63, 3.8) is 0 Å². The van der Waals surface area contributed by atoms with Gasteiger partial charge in [0.2, 0.25) is 0 Å². The summed E-state index contributed by atoms with van der Waals surface area (Å²) in [4.78, 5) is 0.377. The van der Waals surface area contributed by atoms with Crippen molar-refractivity contribution >= 4 is 27.5 Å². The Kier molecular flexibility index (Phi) is 4.14. The highest BCUT2D eigenvalue weighted by Gasteiger charge is 2.39. The van der Waals surface area contributed by atoms with Crippen molar-refractivity contribution in [2.75, 3.05) is 0 Å². The molecular weight excluding hydrogens is 308 g/mol. The minimum atomic E-state index is 0.377. The first-order valence-corrected chi connectivity index (χ1v) is 8.03. The number of rotatable bonds is 2. The summed E-state index contributed by atoms with van der Waals surface area (Å²) in [6.07, 6.45) is 3.95. The van der Waals surface area contributed by atoms with Gasteiger partial charge in [0, 0.05) is 9.85 Å². The first-order chi connectivity index (χ1) is 8.33. The Morgan fingerprint density at radius 2 is 1.89 bits per heavy atom. The van der Waals surface area contributed by atoms with Crippen LogP contribution in [0.25, 0.3) is 0 Å². The van der Waals surface area contributed by atoms with Gasteiger partial charge in [-0.25, -0.2) is 0 Å². The van der Waals surface area contributed by atoms with Crippen LogP contribution in [0, 0.1) is 25.2 Å². The largest absolute Gasteiger partial charge is 0.0840 e. The van der Waals surface area contributed by atoms with Crippen molar-refractivity contribution < 1.29 is 0 Å². The van der Waals surface area contributed by atoms with Crippen LogP contribution in [0.4, 0.5) is 0 Å². The molecule has 0 heterocycles. The van der Waals surface area contributed by atoms with Crippen LogP contribution in [0.1, 0.15) is 54.6 Å². The normalized spacial score (nSPS) is 24.2. The molecule has 0 amide bonds. The van der Waals surface area contributed by atoms with E-state index in [2.05, 4.69) is 55.8 Å². The number of aryl methyl sites for hydroxylation is 2. The van der Waals surface area contributed by atoms with Gasteiger partial charge >= 0.3 is 0 Å². The van der Waals surface area contributed by atoms with Crippen LogP contribution in [-0.4, -0.2) is 0 Å². The third kappa shape index (κ3) is 2.63. The fourth-order valence-electron chi connectivity index (χ4n) is 3.13. The number of alkyl halides is 1. The van der Waals surface area contributed by atoms with Crippen molar-refractivity contribution in [2.24, 2.45) is 11.3 Å². The predicted octanol–water partition coefficient (Wildman–Crippen LogP) is 6.22. The third-order valence-corrected chi connectivity index (χ3v) is 6.06. The van der Waals surface area contributed by atoms with E-state index in [-0.39, 0.29) is 0 Å². The Bertz CT molecular complexity index is 451. The molecule has 1 aliphatic carbocycles. The van der Waals surface area contributed by atoms with Crippen molar-refractivity contribution in [1.29, 1.82) is 0 Å². The molecule has 0 radical (unpaired) electrons. The van der Waals surface area contributed by atoms with Crippen LogP contribution >= 0.6 is 27.5 Å². The van der Waals surface area contributed by atoms with E-state index < -0.39 is 0 Å². The number of hydrogen-bond acceptors (Lipinski definition) is 0. The van der Waals surface area contributed by atoms with Gasteiger partial charge in [-0.3, -0.25) is 0 Å². The van der Waals surface area contributed by atoms with E-state index in [1.807, 2.05) is 0 Å². The Hall–Kier alpha value is -0.0100. The fraction of sp³-hybridized carbons (Fsp3) is 0.625. The molecule has 2 heteroatoms. The molecule has 0 aromatic heterocycles. The molecule has 2 rings (SSSR count). The average molecular weight is 330 g/mol. The minimum Gasteiger partial charge on any atom is -0.0840 e. The van der Waals surface area contributed by atoms with Crippen LogP contribution in [0.5, 0.6) is 0 Å². The van der Waals surface area contributed by atoms with E-state index in [0.717, 1.165) is 5.02 Å². The molecule has 2 unspecified atom stereocenters. The monoisotopic (exact) mass is 328 g/mol. The SMILES string of the molecule is Cc1cc(Cl)c(C(Br)C2CCCC2(C)C)cc1C.